The van der Waals surface area contributed by atoms with Crippen LogP contribution < -0.4 is 10.5 Å². The summed E-state index contributed by atoms with van der Waals surface area (Å²) in [4.78, 5) is -0.154. The predicted molar refractivity (Wildman–Crippen MR) is 64.4 cm³/mol. The molecular weight excluding hydrogens is 337 g/mol. The highest BCUT2D eigenvalue weighted by Crippen LogP contribution is 2.24. The first-order valence-electron chi connectivity index (χ1n) is 4.73. The smallest absolute Gasteiger partial charge is 0.390 e. The van der Waals surface area contributed by atoms with Gasteiger partial charge in [0.05, 0.1) is 11.3 Å². The van der Waals surface area contributed by atoms with Gasteiger partial charge in [-0.3, -0.25) is 0 Å². The van der Waals surface area contributed by atoms with Crippen LogP contribution in [0.1, 0.15) is 6.42 Å². The van der Waals surface area contributed by atoms with Gasteiger partial charge in [0.1, 0.15) is 0 Å². The molecule has 0 aliphatic carbocycles. The maximum Gasteiger partial charge on any atom is 0.390 e. The van der Waals surface area contributed by atoms with Gasteiger partial charge < -0.3 is 5.73 Å². The molecule has 102 valence electrons. The number of hydrogen-bond donors (Lipinski definition) is 2. The molecule has 1 rings (SSSR count). The van der Waals surface area contributed by atoms with Gasteiger partial charge in [0.2, 0.25) is 10.0 Å². The molecule has 4 nitrogen and oxygen atoms in total. The minimum absolute atomic E-state index is 0.154. The Labute approximate surface area is 111 Å². The van der Waals surface area contributed by atoms with E-state index in [9.17, 15) is 21.6 Å². The van der Waals surface area contributed by atoms with Crippen molar-refractivity contribution in [3.8, 4) is 0 Å². The molecule has 0 saturated carbocycles. The Kier molecular flexibility index (Phi) is 4.62. The highest BCUT2D eigenvalue weighted by molar-refractivity contribution is 9.10. The van der Waals surface area contributed by atoms with Gasteiger partial charge in [0, 0.05) is 16.7 Å². The van der Waals surface area contributed by atoms with Crippen LogP contribution in [0.4, 0.5) is 18.9 Å². The molecule has 0 heterocycles. The molecule has 9 heteroatoms. The number of nitrogens with two attached hydrogens (primary N) is 1. The zero-order valence-corrected chi connectivity index (χ0v) is 11.4. The Morgan fingerprint density at radius 2 is 1.94 bits per heavy atom. The molecular formula is C9H10BrF3N2O2S. The van der Waals surface area contributed by atoms with E-state index in [1.54, 1.807) is 0 Å². The molecule has 0 spiro atoms. The Balaban J connectivity index is 2.81. The number of sulfonamides is 1. The van der Waals surface area contributed by atoms with Crippen molar-refractivity contribution in [1.82, 2.24) is 4.72 Å². The number of hydrogen-bond acceptors (Lipinski definition) is 3. The van der Waals surface area contributed by atoms with Crippen molar-refractivity contribution in [3.05, 3.63) is 22.7 Å². The van der Waals surface area contributed by atoms with Crippen LogP contribution in [0.25, 0.3) is 0 Å². The largest absolute Gasteiger partial charge is 0.399 e. The summed E-state index contributed by atoms with van der Waals surface area (Å²) in [6.07, 6.45) is -5.63. The number of alkyl halides is 3. The highest BCUT2D eigenvalue weighted by Gasteiger charge is 2.28. The van der Waals surface area contributed by atoms with Gasteiger partial charge in [-0.15, -0.1) is 0 Å². The molecule has 1 aromatic carbocycles. The summed E-state index contributed by atoms with van der Waals surface area (Å²) >= 11 is 2.99. The standard InChI is InChI=1S/C9H10BrF3N2O2S/c10-7-5-6(14)1-2-8(7)18(16,17)15-4-3-9(11,12)13/h1-2,5,15H,3-4,14H2. The molecule has 0 bridgehead atoms. The molecule has 0 aromatic heterocycles. The van der Waals surface area contributed by atoms with Crippen LogP contribution in [0.15, 0.2) is 27.6 Å². The first-order valence-corrected chi connectivity index (χ1v) is 7.01. The Bertz CT molecular complexity index is 531. The highest BCUT2D eigenvalue weighted by atomic mass is 79.9. The van der Waals surface area contributed by atoms with Gasteiger partial charge in [0.15, 0.2) is 0 Å². The zero-order chi connectivity index (χ0) is 14.0. The topological polar surface area (TPSA) is 72.2 Å². The average Bonchev–Trinajstić information content (AvgIpc) is 2.13. The number of anilines is 1. The van der Waals surface area contributed by atoms with E-state index in [4.69, 9.17) is 5.73 Å². The van der Waals surface area contributed by atoms with Gasteiger partial charge in [-0.1, -0.05) is 0 Å². The molecule has 0 unspecified atom stereocenters. The number of nitrogens with one attached hydrogen (secondary N) is 1. The van der Waals surface area contributed by atoms with Gasteiger partial charge in [-0.05, 0) is 34.1 Å². The summed E-state index contributed by atoms with van der Waals surface area (Å²) in [7, 11) is -3.98. The molecule has 0 aliphatic rings. The third kappa shape index (κ3) is 4.46. The van der Waals surface area contributed by atoms with E-state index in [2.05, 4.69) is 15.9 Å². The van der Waals surface area contributed by atoms with E-state index in [1.165, 1.54) is 18.2 Å². The third-order valence-corrected chi connectivity index (χ3v) is 4.38. The normalized spacial score (nSPS) is 12.7. The maximum absolute atomic E-state index is 11.9. The fourth-order valence-electron chi connectivity index (χ4n) is 1.14. The Hall–Kier alpha value is -0.800. The van der Waals surface area contributed by atoms with Crippen LogP contribution in [-0.4, -0.2) is 21.1 Å². The second kappa shape index (κ2) is 5.45. The van der Waals surface area contributed by atoms with Gasteiger partial charge >= 0.3 is 6.18 Å². The molecule has 0 radical (unpaired) electrons. The lowest BCUT2D eigenvalue weighted by Crippen LogP contribution is -2.28. The first kappa shape index (κ1) is 15.3. The summed E-state index contributed by atoms with van der Waals surface area (Å²) in [6.45, 7) is -0.706. The fourth-order valence-corrected chi connectivity index (χ4v) is 3.26. The molecule has 0 aliphatic heterocycles. The van der Waals surface area contributed by atoms with E-state index in [-0.39, 0.29) is 9.37 Å². The van der Waals surface area contributed by atoms with Crippen LogP contribution in [0.5, 0.6) is 0 Å². The van der Waals surface area contributed by atoms with Crippen LogP contribution in [0.3, 0.4) is 0 Å². The second-order valence-electron chi connectivity index (χ2n) is 3.45. The van der Waals surface area contributed by atoms with Crippen molar-refractivity contribution in [2.75, 3.05) is 12.3 Å². The van der Waals surface area contributed by atoms with Crippen LogP contribution in [-0.2, 0) is 10.0 Å². The molecule has 18 heavy (non-hydrogen) atoms. The number of benzene rings is 1. The van der Waals surface area contributed by atoms with Crippen LogP contribution >= 0.6 is 15.9 Å². The molecule has 0 fully saturated rings. The fraction of sp³-hybridized carbons (Fsp3) is 0.333. The van der Waals surface area contributed by atoms with E-state index in [0.717, 1.165) is 0 Å². The maximum atomic E-state index is 11.9. The average molecular weight is 347 g/mol. The number of nitrogen functional groups attached to an aromatic ring is 1. The van der Waals surface area contributed by atoms with E-state index in [0.29, 0.717) is 5.69 Å². The van der Waals surface area contributed by atoms with Crippen molar-refractivity contribution in [2.45, 2.75) is 17.5 Å². The zero-order valence-electron chi connectivity index (χ0n) is 8.96. The van der Waals surface area contributed by atoms with Gasteiger partial charge in [-0.25, -0.2) is 13.1 Å². The summed E-state index contributed by atoms with van der Waals surface area (Å²) in [5, 5.41) is 0. The van der Waals surface area contributed by atoms with Gasteiger partial charge in [0.25, 0.3) is 0 Å². The molecule has 0 amide bonds. The summed E-state index contributed by atoms with van der Waals surface area (Å²) in [5.41, 5.74) is 5.78. The monoisotopic (exact) mass is 346 g/mol. The number of rotatable bonds is 4. The van der Waals surface area contributed by atoms with Crippen molar-refractivity contribution < 1.29 is 21.6 Å². The first-order chi connectivity index (χ1) is 8.12. The summed E-state index contributed by atoms with van der Waals surface area (Å²) in [5.74, 6) is 0. The Morgan fingerprint density at radius 3 is 2.44 bits per heavy atom. The molecule has 0 saturated heterocycles. The van der Waals surface area contributed by atoms with Crippen molar-refractivity contribution >= 4 is 31.6 Å². The van der Waals surface area contributed by atoms with Crippen molar-refractivity contribution in [3.63, 3.8) is 0 Å². The van der Waals surface area contributed by atoms with Crippen molar-refractivity contribution in [1.29, 1.82) is 0 Å². The lowest BCUT2D eigenvalue weighted by atomic mass is 10.3. The van der Waals surface area contributed by atoms with E-state index >= 15 is 0 Å². The lowest BCUT2D eigenvalue weighted by Gasteiger charge is -2.10. The molecule has 0 atom stereocenters. The number of halogens is 4. The summed E-state index contributed by atoms with van der Waals surface area (Å²) < 4.78 is 61.2. The minimum atomic E-state index is -4.40. The third-order valence-electron chi connectivity index (χ3n) is 1.95. The minimum Gasteiger partial charge on any atom is -0.399 e. The van der Waals surface area contributed by atoms with Gasteiger partial charge in [-0.2, -0.15) is 13.2 Å². The lowest BCUT2D eigenvalue weighted by molar-refractivity contribution is -0.132. The van der Waals surface area contributed by atoms with Crippen LogP contribution in [0.2, 0.25) is 0 Å². The predicted octanol–water partition coefficient (Wildman–Crippen LogP) is 2.26. The molecule has 3 N–H and O–H groups in total. The van der Waals surface area contributed by atoms with E-state index in [1.807, 2.05) is 4.72 Å². The van der Waals surface area contributed by atoms with E-state index < -0.39 is 29.2 Å². The van der Waals surface area contributed by atoms with Crippen molar-refractivity contribution in [2.24, 2.45) is 0 Å². The quantitative estimate of drug-likeness (QED) is 0.821. The SMILES string of the molecule is Nc1ccc(S(=O)(=O)NCCC(F)(F)F)c(Br)c1. The molecule has 1 aromatic rings. The Morgan fingerprint density at radius 1 is 1.33 bits per heavy atom. The second-order valence-corrected chi connectivity index (χ2v) is 6.04. The van der Waals surface area contributed by atoms with Crippen LogP contribution in [0, 0.1) is 0 Å². The summed E-state index contributed by atoms with van der Waals surface area (Å²) in [6, 6.07) is 3.93.